The van der Waals surface area contributed by atoms with Gasteiger partial charge in [-0.05, 0) is 57.2 Å². The van der Waals surface area contributed by atoms with Crippen LogP contribution < -0.4 is 10.0 Å². The number of carbonyl (C=O) groups is 2. The van der Waals surface area contributed by atoms with Crippen LogP contribution in [0.2, 0.25) is 0 Å². The molecule has 0 bridgehead atoms. The zero-order valence-electron chi connectivity index (χ0n) is 15.6. The number of para-hydroxylation sites is 1. The highest BCUT2D eigenvalue weighted by atomic mass is 32.2. The number of carbonyl (C=O) groups excluding carboxylic acids is 2. The normalized spacial score (nSPS) is 11.7. The summed E-state index contributed by atoms with van der Waals surface area (Å²) in [7, 11) is -2.43. The largest absolute Gasteiger partial charge is 0.465 e. The van der Waals surface area contributed by atoms with Crippen LogP contribution in [0.3, 0.4) is 0 Å². The predicted octanol–water partition coefficient (Wildman–Crippen LogP) is 2.80. The van der Waals surface area contributed by atoms with E-state index in [1.165, 1.54) is 37.4 Å². The van der Waals surface area contributed by atoms with E-state index in [2.05, 4.69) is 10.0 Å². The zero-order valence-corrected chi connectivity index (χ0v) is 16.4. The van der Waals surface area contributed by atoms with E-state index in [0.29, 0.717) is 5.69 Å². The number of sulfonamides is 1. The van der Waals surface area contributed by atoms with E-state index in [-0.39, 0.29) is 16.0 Å². The number of hydrogen-bond acceptors (Lipinski definition) is 5. The Morgan fingerprint density at radius 3 is 2.11 bits per heavy atom. The van der Waals surface area contributed by atoms with Crippen LogP contribution >= 0.6 is 0 Å². The number of ether oxygens (including phenoxy) is 1. The highest BCUT2D eigenvalue weighted by Crippen LogP contribution is 2.18. The maximum atomic E-state index is 12.4. The van der Waals surface area contributed by atoms with Crippen LogP contribution in [0.15, 0.2) is 53.4 Å². The molecule has 27 heavy (non-hydrogen) atoms. The Morgan fingerprint density at radius 1 is 0.963 bits per heavy atom. The lowest BCUT2D eigenvalue weighted by molar-refractivity contribution is 0.0602. The molecule has 0 aliphatic carbocycles. The summed E-state index contributed by atoms with van der Waals surface area (Å²) in [4.78, 5) is 24.3. The second kappa shape index (κ2) is 7.89. The van der Waals surface area contributed by atoms with Crippen molar-refractivity contribution in [2.24, 2.45) is 0 Å². The van der Waals surface area contributed by atoms with Gasteiger partial charge in [0, 0.05) is 11.1 Å². The van der Waals surface area contributed by atoms with Gasteiger partial charge in [0.1, 0.15) is 0 Å². The smallest absolute Gasteiger partial charge is 0.339 e. The van der Waals surface area contributed by atoms with E-state index in [1.54, 1.807) is 39.0 Å². The number of anilines is 1. The standard InChI is InChI=1S/C19H22N2O5S/c1-19(2,3)21-27(24,25)14-11-9-13(10-12-14)17(22)20-16-8-6-5-7-15(16)18(23)26-4/h5-12,21H,1-4H3,(H,20,22). The molecular formula is C19H22N2O5S. The zero-order chi connectivity index (χ0) is 20.2. The fourth-order valence-corrected chi connectivity index (χ4v) is 3.74. The fourth-order valence-electron chi connectivity index (χ4n) is 2.32. The van der Waals surface area contributed by atoms with Crippen molar-refractivity contribution in [2.75, 3.05) is 12.4 Å². The van der Waals surface area contributed by atoms with E-state index < -0.39 is 27.4 Å². The van der Waals surface area contributed by atoms with Crippen LogP contribution in [-0.4, -0.2) is 32.9 Å². The molecule has 0 saturated heterocycles. The van der Waals surface area contributed by atoms with Crippen LogP contribution in [-0.2, 0) is 14.8 Å². The number of hydrogen-bond donors (Lipinski definition) is 2. The maximum Gasteiger partial charge on any atom is 0.339 e. The summed E-state index contributed by atoms with van der Waals surface area (Å²) < 4.78 is 31.9. The van der Waals surface area contributed by atoms with Gasteiger partial charge in [0.15, 0.2) is 0 Å². The third kappa shape index (κ3) is 5.38. The van der Waals surface area contributed by atoms with Crippen LogP contribution in [0, 0.1) is 0 Å². The molecule has 144 valence electrons. The molecule has 0 spiro atoms. The number of nitrogens with one attached hydrogen (secondary N) is 2. The molecule has 1 amide bonds. The van der Waals surface area contributed by atoms with E-state index in [1.807, 2.05) is 0 Å². The number of esters is 1. The highest BCUT2D eigenvalue weighted by molar-refractivity contribution is 7.89. The molecular weight excluding hydrogens is 368 g/mol. The minimum Gasteiger partial charge on any atom is -0.465 e. The SMILES string of the molecule is COC(=O)c1ccccc1NC(=O)c1ccc(S(=O)(=O)NC(C)(C)C)cc1. The van der Waals surface area contributed by atoms with E-state index in [9.17, 15) is 18.0 Å². The average Bonchev–Trinajstić information content (AvgIpc) is 2.59. The van der Waals surface area contributed by atoms with E-state index >= 15 is 0 Å². The molecule has 2 N–H and O–H groups in total. The first-order valence-electron chi connectivity index (χ1n) is 8.16. The van der Waals surface area contributed by atoms with Gasteiger partial charge in [-0.15, -0.1) is 0 Å². The first-order chi connectivity index (χ1) is 12.5. The van der Waals surface area contributed by atoms with Gasteiger partial charge in [-0.3, -0.25) is 4.79 Å². The summed E-state index contributed by atoms with van der Waals surface area (Å²) in [6, 6.07) is 12.0. The summed E-state index contributed by atoms with van der Waals surface area (Å²) in [5.74, 6) is -1.04. The molecule has 0 heterocycles. The molecule has 0 fully saturated rings. The predicted molar refractivity (Wildman–Crippen MR) is 102 cm³/mol. The van der Waals surface area contributed by atoms with Crippen molar-refractivity contribution < 1.29 is 22.7 Å². The van der Waals surface area contributed by atoms with Gasteiger partial charge in [-0.1, -0.05) is 12.1 Å². The molecule has 0 atom stereocenters. The Labute approximate surface area is 158 Å². The summed E-state index contributed by atoms with van der Waals surface area (Å²) in [6.07, 6.45) is 0. The highest BCUT2D eigenvalue weighted by Gasteiger charge is 2.22. The molecule has 0 radical (unpaired) electrons. The lowest BCUT2D eigenvalue weighted by Crippen LogP contribution is -2.40. The summed E-state index contributed by atoms with van der Waals surface area (Å²) in [6.45, 7) is 5.22. The van der Waals surface area contributed by atoms with Crippen molar-refractivity contribution in [3.63, 3.8) is 0 Å². The lowest BCUT2D eigenvalue weighted by Gasteiger charge is -2.20. The minimum atomic E-state index is -3.68. The quantitative estimate of drug-likeness (QED) is 0.765. The van der Waals surface area contributed by atoms with Gasteiger partial charge in [0.25, 0.3) is 5.91 Å². The first-order valence-corrected chi connectivity index (χ1v) is 9.64. The van der Waals surface area contributed by atoms with Gasteiger partial charge < -0.3 is 10.1 Å². The summed E-state index contributed by atoms with van der Waals surface area (Å²) in [5, 5.41) is 2.63. The minimum absolute atomic E-state index is 0.0592. The molecule has 2 rings (SSSR count). The van der Waals surface area contributed by atoms with Gasteiger partial charge >= 0.3 is 5.97 Å². The first kappa shape index (κ1) is 20.6. The van der Waals surface area contributed by atoms with Crippen LogP contribution in [0.1, 0.15) is 41.5 Å². The summed E-state index contributed by atoms with van der Waals surface area (Å²) in [5.41, 5.74) is 0.165. The molecule has 2 aromatic carbocycles. The Balaban J connectivity index is 2.21. The van der Waals surface area contributed by atoms with Gasteiger partial charge in [0.2, 0.25) is 10.0 Å². The number of rotatable bonds is 5. The average molecular weight is 390 g/mol. The molecule has 0 aromatic heterocycles. The second-order valence-electron chi connectivity index (χ2n) is 6.87. The summed E-state index contributed by atoms with van der Waals surface area (Å²) >= 11 is 0. The Morgan fingerprint density at radius 2 is 1.56 bits per heavy atom. The van der Waals surface area contributed by atoms with Crippen molar-refractivity contribution in [2.45, 2.75) is 31.2 Å². The molecule has 0 aliphatic rings. The molecule has 0 saturated carbocycles. The second-order valence-corrected chi connectivity index (χ2v) is 8.55. The topological polar surface area (TPSA) is 102 Å². The number of amides is 1. The Kier molecular flexibility index (Phi) is 6.02. The monoisotopic (exact) mass is 390 g/mol. The van der Waals surface area contributed by atoms with Gasteiger partial charge in [-0.25, -0.2) is 17.9 Å². The number of benzene rings is 2. The van der Waals surface area contributed by atoms with Crippen molar-refractivity contribution in [1.29, 1.82) is 0 Å². The molecule has 0 unspecified atom stereocenters. The maximum absolute atomic E-state index is 12.4. The molecule has 2 aromatic rings. The Hall–Kier alpha value is -2.71. The van der Waals surface area contributed by atoms with Crippen LogP contribution in [0.5, 0.6) is 0 Å². The molecule has 7 nitrogen and oxygen atoms in total. The molecule has 0 aliphatic heterocycles. The van der Waals surface area contributed by atoms with Gasteiger partial charge in [0.05, 0.1) is 23.3 Å². The van der Waals surface area contributed by atoms with Crippen LogP contribution in [0.25, 0.3) is 0 Å². The van der Waals surface area contributed by atoms with Crippen molar-refractivity contribution in [1.82, 2.24) is 4.72 Å². The third-order valence-electron chi connectivity index (χ3n) is 3.45. The van der Waals surface area contributed by atoms with E-state index in [0.717, 1.165) is 0 Å². The van der Waals surface area contributed by atoms with Gasteiger partial charge in [-0.2, -0.15) is 0 Å². The number of methoxy groups -OCH3 is 1. The van der Waals surface area contributed by atoms with Crippen molar-refractivity contribution >= 4 is 27.6 Å². The lowest BCUT2D eigenvalue weighted by atomic mass is 10.1. The molecule has 8 heteroatoms. The van der Waals surface area contributed by atoms with Crippen LogP contribution in [0.4, 0.5) is 5.69 Å². The third-order valence-corrected chi connectivity index (χ3v) is 5.22. The fraction of sp³-hybridized carbons (Fsp3) is 0.263. The van der Waals surface area contributed by atoms with Crippen molar-refractivity contribution in [3.8, 4) is 0 Å². The van der Waals surface area contributed by atoms with E-state index in [4.69, 9.17) is 4.74 Å². The van der Waals surface area contributed by atoms with Crippen molar-refractivity contribution in [3.05, 3.63) is 59.7 Å². The Bertz CT molecular complexity index is 945.